The fraction of sp³-hybridized carbons (Fsp3) is 0.435. The summed E-state index contributed by atoms with van der Waals surface area (Å²) >= 11 is 0. The number of hydrogen-bond acceptors (Lipinski definition) is 4. The molecule has 2 aromatic carbocycles. The van der Waals surface area contributed by atoms with Crippen LogP contribution in [0.3, 0.4) is 0 Å². The van der Waals surface area contributed by atoms with Crippen molar-refractivity contribution < 1.29 is 23.4 Å². The standard InChI is InChI=1S/C23H26F2N2O3/c24-23(25)10-20(23)15-30-21-6-5-19-13-27(8-7-18(19)9-21)12-17-3-1-16(2-4-17)11-26-22(29)14-28/h1-6,9,20,28H,7-8,10-15H2,(H,26,29). The van der Waals surface area contributed by atoms with E-state index < -0.39 is 18.4 Å². The Balaban J connectivity index is 1.28. The Hall–Kier alpha value is -2.51. The fourth-order valence-corrected chi connectivity index (χ4v) is 3.74. The van der Waals surface area contributed by atoms with E-state index in [9.17, 15) is 13.6 Å². The lowest BCUT2D eigenvalue weighted by atomic mass is 9.99. The summed E-state index contributed by atoms with van der Waals surface area (Å²) in [5, 5.41) is 11.4. The molecule has 2 aromatic rings. The predicted molar refractivity (Wildman–Crippen MR) is 108 cm³/mol. The molecule has 2 aliphatic rings. The minimum absolute atomic E-state index is 0.0643. The van der Waals surface area contributed by atoms with Gasteiger partial charge in [-0.1, -0.05) is 30.3 Å². The van der Waals surface area contributed by atoms with Crippen molar-refractivity contribution in [3.05, 3.63) is 64.7 Å². The van der Waals surface area contributed by atoms with Crippen molar-refractivity contribution in [1.82, 2.24) is 10.2 Å². The molecule has 0 spiro atoms. The number of nitrogens with one attached hydrogen (secondary N) is 1. The second-order valence-corrected chi connectivity index (χ2v) is 8.12. The van der Waals surface area contributed by atoms with Crippen LogP contribution in [-0.4, -0.2) is 41.6 Å². The average molecular weight is 416 g/mol. The molecule has 0 aromatic heterocycles. The lowest BCUT2D eigenvalue weighted by molar-refractivity contribution is -0.123. The summed E-state index contributed by atoms with van der Waals surface area (Å²) in [6, 6.07) is 14.0. The maximum absolute atomic E-state index is 13.0. The normalized spacial score (nSPS) is 19.8. The van der Waals surface area contributed by atoms with Crippen molar-refractivity contribution in [1.29, 1.82) is 0 Å². The predicted octanol–water partition coefficient (Wildman–Crippen LogP) is 2.89. The molecule has 1 aliphatic heterocycles. The smallest absolute Gasteiger partial charge is 0.255 e. The van der Waals surface area contributed by atoms with E-state index in [1.54, 1.807) is 0 Å². The zero-order chi connectivity index (χ0) is 21.1. The van der Waals surface area contributed by atoms with Crippen LogP contribution in [0.25, 0.3) is 0 Å². The van der Waals surface area contributed by atoms with Gasteiger partial charge >= 0.3 is 0 Å². The number of carbonyl (C=O) groups is 1. The van der Waals surface area contributed by atoms with E-state index in [0.717, 1.165) is 31.6 Å². The number of ether oxygens (including phenoxy) is 1. The van der Waals surface area contributed by atoms with E-state index in [1.807, 2.05) is 30.3 Å². The van der Waals surface area contributed by atoms with Crippen LogP contribution in [0, 0.1) is 5.92 Å². The third-order valence-corrected chi connectivity index (χ3v) is 5.74. The molecule has 1 heterocycles. The van der Waals surface area contributed by atoms with E-state index in [-0.39, 0.29) is 18.9 Å². The summed E-state index contributed by atoms with van der Waals surface area (Å²) in [5.41, 5.74) is 4.65. The third kappa shape index (κ3) is 5.15. The molecule has 160 valence electrons. The molecule has 1 aliphatic carbocycles. The summed E-state index contributed by atoms with van der Waals surface area (Å²) in [4.78, 5) is 13.5. The van der Waals surface area contributed by atoms with Gasteiger partial charge in [-0.2, -0.15) is 0 Å². The Bertz CT molecular complexity index is 902. The van der Waals surface area contributed by atoms with Gasteiger partial charge in [-0.3, -0.25) is 9.69 Å². The first-order chi connectivity index (χ1) is 14.4. The fourth-order valence-electron chi connectivity index (χ4n) is 3.74. The van der Waals surface area contributed by atoms with Crippen molar-refractivity contribution in [3.63, 3.8) is 0 Å². The molecule has 30 heavy (non-hydrogen) atoms. The van der Waals surface area contributed by atoms with Crippen molar-refractivity contribution in [2.75, 3.05) is 19.8 Å². The minimum atomic E-state index is -2.54. The highest BCUT2D eigenvalue weighted by Crippen LogP contribution is 2.48. The number of amides is 1. The van der Waals surface area contributed by atoms with E-state index in [1.165, 1.54) is 16.7 Å². The molecule has 1 saturated carbocycles. The Morgan fingerprint density at radius 2 is 1.90 bits per heavy atom. The summed E-state index contributed by atoms with van der Waals surface area (Å²) in [5.74, 6) is -2.89. The number of alkyl halides is 2. The number of halogens is 2. The lowest BCUT2D eigenvalue weighted by Crippen LogP contribution is -2.30. The number of fused-ring (bicyclic) bond motifs is 1. The van der Waals surface area contributed by atoms with E-state index in [4.69, 9.17) is 9.84 Å². The molecule has 4 rings (SSSR count). The van der Waals surface area contributed by atoms with Crippen molar-refractivity contribution in [2.45, 2.75) is 38.4 Å². The number of rotatable bonds is 8. The largest absolute Gasteiger partial charge is 0.493 e. The Morgan fingerprint density at radius 1 is 1.17 bits per heavy atom. The molecule has 1 fully saturated rings. The molecular weight excluding hydrogens is 390 g/mol. The summed E-state index contributed by atoms with van der Waals surface area (Å²) in [7, 11) is 0. The molecule has 2 N–H and O–H groups in total. The lowest BCUT2D eigenvalue weighted by Gasteiger charge is -2.29. The third-order valence-electron chi connectivity index (χ3n) is 5.74. The van der Waals surface area contributed by atoms with Crippen LogP contribution in [0.4, 0.5) is 8.78 Å². The highest BCUT2D eigenvalue weighted by molar-refractivity contribution is 5.76. The van der Waals surface area contributed by atoms with Crippen LogP contribution in [-0.2, 0) is 30.8 Å². The molecule has 0 radical (unpaired) electrons. The Labute approximate surface area is 174 Å². The van der Waals surface area contributed by atoms with Gasteiger partial charge in [0.1, 0.15) is 12.4 Å². The molecule has 5 nitrogen and oxygen atoms in total. The van der Waals surface area contributed by atoms with Crippen LogP contribution in [0.15, 0.2) is 42.5 Å². The van der Waals surface area contributed by atoms with Gasteiger partial charge < -0.3 is 15.2 Å². The first kappa shape index (κ1) is 20.8. The second-order valence-electron chi connectivity index (χ2n) is 8.12. The number of nitrogens with zero attached hydrogens (tertiary/aromatic N) is 1. The molecule has 7 heteroatoms. The average Bonchev–Trinajstić information content (AvgIpc) is 3.37. The van der Waals surface area contributed by atoms with Gasteiger partial charge in [-0.25, -0.2) is 8.78 Å². The molecule has 0 saturated heterocycles. The number of benzene rings is 2. The van der Waals surface area contributed by atoms with E-state index >= 15 is 0 Å². The monoisotopic (exact) mass is 416 g/mol. The molecule has 1 unspecified atom stereocenters. The van der Waals surface area contributed by atoms with Gasteiger partial charge in [0.2, 0.25) is 5.91 Å². The highest BCUT2D eigenvalue weighted by atomic mass is 19.3. The van der Waals surface area contributed by atoms with E-state index in [0.29, 0.717) is 12.3 Å². The number of aliphatic hydroxyl groups excluding tert-OH is 1. The minimum Gasteiger partial charge on any atom is -0.493 e. The molecule has 1 amide bonds. The Morgan fingerprint density at radius 3 is 2.60 bits per heavy atom. The van der Waals surface area contributed by atoms with Crippen LogP contribution in [0.1, 0.15) is 28.7 Å². The van der Waals surface area contributed by atoms with Crippen LogP contribution in [0.5, 0.6) is 5.75 Å². The number of hydrogen-bond donors (Lipinski definition) is 2. The topological polar surface area (TPSA) is 61.8 Å². The maximum atomic E-state index is 13.0. The van der Waals surface area contributed by atoms with Gasteiger partial charge in [-0.15, -0.1) is 0 Å². The van der Waals surface area contributed by atoms with Gasteiger partial charge in [0.15, 0.2) is 0 Å². The first-order valence-electron chi connectivity index (χ1n) is 10.2. The summed E-state index contributed by atoms with van der Waals surface area (Å²) in [6.45, 7) is 2.57. The Kier molecular flexibility index (Phi) is 6.01. The molecule has 0 bridgehead atoms. The van der Waals surface area contributed by atoms with Crippen LogP contribution < -0.4 is 10.1 Å². The molecular formula is C23H26F2N2O3. The maximum Gasteiger partial charge on any atom is 0.255 e. The first-order valence-corrected chi connectivity index (χ1v) is 10.2. The zero-order valence-electron chi connectivity index (χ0n) is 16.7. The van der Waals surface area contributed by atoms with Gasteiger partial charge in [0, 0.05) is 32.6 Å². The number of carbonyl (C=O) groups excluding carboxylic acids is 1. The number of aliphatic hydroxyl groups is 1. The van der Waals surface area contributed by atoms with Crippen LogP contribution in [0.2, 0.25) is 0 Å². The zero-order valence-corrected chi connectivity index (χ0v) is 16.7. The van der Waals surface area contributed by atoms with Crippen LogP contribution >= 0.6 is 0 Å². The van der Waals surface area contributed by atoms with E-state index in [2.05, 4.69) is 22.3 Å². The van der Waals surface area contributed by atoms with Gasteiger partial charge in [-0.05, 0) is 40.8 Å². The second kappa shape index (κ2) is 8.70. The molecule has 1 atom stereocenters. The quantitative estimate of drug-likeness (QED) is 0.695. The van der Waals surface area contributed by atoms with Crippen molar-refractivity contribution >= 4 is 5.91 Å². The summed E-state index contributed by atoms with van der Waals surface area (Å²) in [6.07, 6.45) is 0.836. The van der Waals surface area contributed by atoms with Gasteiger partial charge in [0.05, 0.1) is 12.5 Å². The van der Waals surface area contributed by atoms with Crippen molar-refractivity contribution in [2.24, 2.45) is 5.92 Å². The van der Waals surface area contributed by atoms with Crippen molar-refractivity contribution in [3.8, 4) is 5.75 Å². The van der Waals surface area contributed by atoms with Gasteiger partial charge in [0.25, 0.3) is 5.92 Å². The SMILES string of the molecule is O=C(CO)NCc1ccc(CN2CCc3cc(OCC4CC4(F)F)ccc3C2)cc1. The highest BCUT2D eigenvalue weighted by Gasteiger charge is 2.57. The summed E-state index contributed by atoms with van der Waals surface area (Å²) < 4.78 is 31.6.